The van der Waals surface area contributed by atoms with Gasteiger partial charge in [0.15, 0.2) is 17.9 Å². The Balaban J connectivity index is 0.994. The predicted octanol–water partition coefficient (Wildman–Crippen LogP) is 6.32. The van der Waals surface area contributed by atoms with Crippen LogP contribution in [-0.2, 0) is 0 Å². The highest BCUT2D eigenvalue weighted by Crippen LogP contribution is 2.45. The zero-order valence-corrected chi connectivity index (χ0v) is 23.3. The van der Waals surface area contributed by atoms with Gasteiger partial charge in [-0.25, -0.2) is 18.7 Å². The molecule has 41 heavy (non-hydrogen) atoms. The number of halogens is 2. The molecule has 216 valence electrons. The summed E-state index contributed by atoms with van der Waals surface area (Å²) in [4.78, 5) is 24.9. The van der Waals surface area contributed by atoms with Crippen molar-refractivity contribution < 1.29 is 18.3 Å². The summed E-state index contributed by atoms with van der Waals surface area (Å²) in [6.07, 6.45) is 11.8. The summed E-state index contributed by atoms with van der Waals surface area (Å²) in [5.41, 5.74) is 1.20. The monoisotopic (exact) mass is 561 g/mol. The number of rotatable bonds is 8. The first-order valence-electron chi connectivity index (χ1n) is 14.7. The van der Waals surface area contributed by atoms with E-state index >= 15 is 0 Å². The van der Waals surface area contributed by atoms with E-state index in [1.807, 2.05) is 12.1 Å². The molecule has 7 nitrogen and oxygen atoms in total. The second kappa shape index (κ2) is 12.1. The Labute approximate surface area is 239 Å². The number of aromatic nitrogens is 2. The van der Waals surface area contributed by atoms with Gasteiger partial charge in [-0.2, -0.15) is 0 Å². The Bertz CT molecular complexity index is 1350. The minimum absolute atomic E-state index is 0.150. The van der Waals surface area contributed by atoms with Crippen LogP contribution in [-0.4, -0.2) is 59.9 Å². The summed E-state index contributed by atoms with van der Waals surface area (Å²) in [5, 5.41) is 3.43. The van der Waals surface area contributed by atoms with Gasteiger partial charge in [-0.3, -0.25) is 4.79 Å². The Kier molecular flexibility index (Phi) is 8.14. The number of para-hydroxylation sites is 1. The molecule has 0 bridgehead atoms. The lowest BCUT2D eigenvalue weighted by Crippen LogP contribution is -2.45. The van der Waals surface area contributed by atoms with Crippen LogP contribution in [0, 0.1) is 23.0 Å². The molecule has 3 aromatic rings. The smallest absolute Gasteiger partial charge is 0.188 e. The van der Waals surface area contributed by atoms with Crippen LogP contribution >= 0.6 is 0 Å². The molecule has 1 atom stereocenters. The first-order valence-corrected chi connectivity index (χ1v) is 14.7. The van der Waals surface area contributed by atoms with E-state index in [1.165, 1.54) is 50.2 Å². The number of nitrogens with zero attached hydrogens (tertiary/aromatic N) is 4. The second-order valence-electron chi connectivity index (χ2n) is 11.9. The van der Waals surface area contributed by atoms with E-state index in [9.17, 15) is 13.6 Å². The molecule has 9 heteroatoms. The molecule has 1 aliphatic carbocycles. The highest BCUT2D eigenvalue weighted by atomic mass is 19.1. The minimum Gasteiger partial charge on any atom is -0.451 e. The Morgan fingerprint density at radius 1 is 1.00 bits per heavy atom. The molecule has 2 aliphatic heterocycles. The van der Waals surface area contributed by atoms with E-state index in [0.29, 0.717) is 40.9 Å². The van der Waals surface area contributed by atoms with Crippen molar-refractivity contribution in [2.75, 3.05) is 42.9 Å². The summed E-state index contributed by atoms with van der Waals surface area (Å²) < 4.78 is 33.6. The lowest BCUT2D eigenvalue weighted by atomic mass is 9.67. The molecule has 3 fully saturated rings. The highest BCUT2D eigenvalue weighted by Gasteiger charge is 2.39. The lowest BCUT2D eigenvalue weighted by Gasteiger charge is -2.46. The maximum absolute atomic E-state index is 14.1. The van der Waals surface area contributed by atoms with Crippen molar-refractivity contribution in [2.45, 2.75) is 51.0 Å². The third-order valence-electron chi connectivity index (χ3n) is 9.28. The highest BCUT2D eigenvalue weighted by molar-refractivity contribution is 5.79. The number of hydrogen-bond acceptors (Lipinski definition) is 7. The van der Waals surface area contributed by atoms with E-state index in [0.717, 1.165) is 58.1 Å². The fraction of sp³-hybridized carbons (Fsp3) is 0.469. The van der Waals surface area contributed by atoms with Crippen LogP contribution in [0.4, 0.5) is 20.3 Å². The Morgan fingerprint density at radius 2 is 1.80 bits per heavy atom. The van der Waals surface area contributed by atoms with Gasteiger partial charge >= 0.3 is 0 Å². The van der Waals surface area contributed by atoms with Gasteiger partial charge < -0.3 is 19.9 Å². The number of piperidine rings is 1. The maximum Gasteiger partial charge on any atom is 0.188 e. The number of ether oxygens (including phenoxy) is 1. The summed E-state index contributed by atoms with van der Waals surface area (Å²) in [5.74, 6) is 1.32. The van der Waals surface area contributed by atoms with Gasteiger partial charge in [0.05, 0.1) is 17.4 Å². The number of carbonyl (C=O) groups excluding carboxylic acids is 1. The number of hydrogen-bond donors (Lipinski definition) is 1. The molecule has 3 heterocycles. The Hall–Kier alpha value is -3.59. The molecule has 2 aromatic carbocycles. The maximum atomic E-state index is 14.1. The van der Waals surface area contributed by atoms with Crippen LogP contribution in [0.2, 0.25) is 0 Å². The summed E-state index contributed by atoms with van der Waals surface area (Å²) >= 11 is 0. The van der Waals surface area contributed by atoms with Crippen molar-refractivity contribution in [2.24, 2.45) is 11.3 Å². The molecular weight excluding hydrogens is 524 g/mol. The fourth-order valence-electron chi connectivity index (χ4n) is 6.86. The van der Waals surface area contributed by atoms with E-state index in [2.05, 4.69) is 25.1 Å². The summed E-state index contributed by atoms with van der Waals surface area (Å²) in [6.45, 7) is 5.07. The van der Waals surface area contributed by atoms with Crippen LogP contribution in [0.15, 0.2) is 55.0 Å². The molecular formula is C32H37F2N5O2. The third kappa shape index (κ3) is 6.35. The number of benzene rings is 2. The lowest BCUT2D eigenvalue weighted by molar-refractivity contribution is 0.0584. The van der Waals surface area contributed by atoms with Crippen molar-refractivity contribution >= 4 is 17.8 Å². The molecule has 1 spiro atoms. The van der Waals surface area contributed by atoms with Gasteiger partial charge in [0.25, 0.3) is 0 Å². The Morgan fingerprint density at radius 3 is 2.59 bits per heavy atom. The van der Waals surface area contributed by atoms with Gasteiger partial charge in [0.1, 0.15) is 23.7 Å². The number of nitrogens with one attached hydrogen (secondary N) is 1. The SMILES string of the molecule is O=Cc1cc(F)ccc1Oc1cncnc1N1CCC(CN2CCC3(CCC(Nc4ccccc4F)CC3)CC2)C1. The quantitative estimate of drug-likeness (QED) is 0.323. The first-order chi connectivity index (χ1) is 20.0. The largest absolute Gasteiger partial charge is 0.451 e. The van der Waals surface area contributed by atoms with Gasteiger partial charge in [0.2, 0.25) is 0 Å². The van der Waals surface area contributed by atoms with Crippen LogP contribution in [0.5, 0.6) is 11.5 Å². The molecule has 1 saturated carbocycles. The van der Waals surface area contributed by atoms with Crippen molar-refractivity contribution in [1.29, 1.82) is 0 Å². The normalized spacial score (nSPS) is 21.2. The third-order valence-corrected chi connectivity index (χ3v) is 9.28. The minimum atomic E-state index is -0.487. The average Bonchev–Trinajstić information content (AvgIpc) is 3.46. The molecule has 1 N–H and O–H groups in total. The van der Waals surface area contributed by atoms with E-state index in [1.54, 1.807) is 12.3 Å². The molecule has 2 saturated heterocycles. The molecule has 0 radical (unpaired) electrons. The molecule has 1 unspecified atom stereocenters. The van der Waals surface area contributed by atoms with Gasteiger partial charge in [-0.05, 0) is 99.7 Å². The second-order valence-corrected chi connectivity index (χ2v) is 11.9. The fourth-order valence-corrected chi connectivity index (χ4v) is 6.86. The topological polar surface area (TPSA) is 70.6 Å². The summed E-state index contributed by atoms with van der Waals surface area (Å²) in [6, 6.07) is 11.2. The summed E-state index contributed by atoms with van der Waals surface area (Å²) in [7, 11) is 0. The van der Waals surface area contributed by atoms with Gasteiger partial charge in [-0.1, -0.05) is 12.1 Å². The van der Waals surface area contributed by atoms with E-state index in [-0.39, 0.29) is 17.1 Å². The molecule has 1 aromatic heterocycles. The van der Waals surface area contributed by atoms with E-state index < -0.39 is 5.82 Å². The van der Waals surface area contributed by atoms with Crippen LogP contribution < -0.4 is 15.0 Å². The van der Waals surface area contributed by atoms with Crippen molar-refractivity contribution in [3.05, 3.63) is 72.2 Å². The first kappa shape index (κ1) is 27.6. The van der Waals surface area contributed by atoms with Crippen LogP contribution in [0.3, 0.4) is 0 Å². The number of anilines is 2. The predicted molar refractivity (Wildman–Crippen MR) is 155 cm³/mol. The number of likely N-dealkylation sites (tertiary alicyclic amines) is 1. The van der Waals surface area contributed by atoms with Crippen LogP contribution in [0.25, 0.3) is 0 Å². The zero-order valence-electron chi connectivity index (χ0n) is 23.3. The standard InChI is InChI=1S/C32H37F2N5O2/c33-25-5-6-29(24(17-25)21-40)41-30-18-35-22-36-31(30)39-14-9-23(20-39)19-38-15-12-32(13-16-38)10-7-26(8-11-32)37-28-4-2-1-3-27(28)34/h1-6,17-18,21-23,26,37H,7-16,19-20H2. The molecule has 3 aliphatic rings. The average molecular weight is 562 g/mol. The van der Waals surface area contributed by atoms with Gasteiger partial charge in [-0.15, -0.1) is 0 Å². The van der Waals surface area contributed by atoms with Crippen molar-refractivity contribution in [1.82, 2.24) is 14.9 Å². The van der Waals surface area contributed by atoms with E-state index in [4.69, 9.17) is 4.74 Å². The number of aldehydes is 1. The van der Waals surface area contributed by atoms with Crippen LogP contribution in [0.1, 0.15) is 55.3 Å². The van der Waals surface area contributed by atoms with Crippen molar-refractivity contribution in [3.63, 3.8) is 0 Å². The molecule has 6 rings (SSSR count). The zero-order chi connectivity index (χ0) is 28.2. The molecule has 0 amide bonds. The van der Waals surface area contributed by atoms with Crippen molar-refractivity contribution in [3.8, 4) is 11.5 Å². The number of carbonyl (C=O) groups is 1. The van der Waals surface area contributed by atoms with Gasteiger partial charge in [0, 0.05) is 25.7 Å².